The van der Waals surface area contributed by atoms with E-state index in [9.17, 15) is 9.90 Å². The minimum atomic E-state index is -0.672. The highest BCUT2D eigenvalue weighted by Gasteiger charge is 2.30. The fourth-order valence-corrected chi connectivity index (χ4v) is 3.31. The van der Waals surface area contributed by atoms with Crippen LogP contribution in [0.3, 0.4) is 0 Å². The first-order valence-electron chi connectivity index (χ1n) is 5.76. The molecule has 1 aromatic rings. The van der Waals surface area contributed by atoms with Crippen molar-refractivity contribution >= 4 is 17.3 Å². The van der Waals surface area contributed by atoms with Crippen LogP contribution in [0.15, 0.2) is 17.5 Å². The first-order valence-corrected chi connectivity index (χ1v) is 6.64. The molecule has 2 N–H and O–H groups in total. The zero-order chi connectivity index (χ0) is 11.4. The summed E-state index contributed by atoms with van der Waals surface area (Å²) < 4.78 is 0. The molecule has 2 rings (SSSR count). The van der Waals surface area contributed by atoms with Crippen molar-refractivity contribution in [1.29, 1.82) is 0 Å². The molecule has 1 aliphatic rings. The summed E-state index contributed by atoms with van der Waals surface area (Å²) in [5, 5.41) is 14.7. The third-order valence-electron chi connectivity index (χ3n) is 3.21. The van der Waals surface area contributed by atoms with Crippen LogP contribution in [0.2, 0.25) is 0 Å². The van der Waals surface area contributed by atoms with E-state index in [4.69, 9.17) is 0 Å². The molecule has 1 saturated heterocycles. The average Bonchev–Trinajstić information content (AvgIpc) is 2.62. The van der Waals surface area contributed by atoms with Crippen LogP contribution in [0.1, 0.15) is 30.1 Å². The van der Waals surface area contributed by atoms with Gasteiger partial charge < -0.3 is 10.4 Å². The summed E-state index contributed by atoms with van der Waals surface area (Å²) in [6, 6.07) is 3.88. The minimum absolute atomic E-state index is 0.283. The Bertz CT molecular complexity index is 329. The lowest BCUT2D eigenvalue weighted by molar-refractivity contribution is -0.140. The van der Waals surface area contributed by atoms with Gasteiger partial charge in [0.2, 0.25) is 0 Å². The molecule has 16 heavy (non-hydrogen) atoms. The van der Waals surface area contributed by atoms with Crippen LogP contribution >= 0.6 is 11.3 Å². The highest BCUT2D eigenvalue weighted by Crippen LogP contribution is 2.34. The third-order valence-corrected chi connectivity index (χ3v) is 4.16. The largest absolute Gasteiger partial charge is 0.481 e. The highest BCUT2D eigenvalue weighted by molar-refractivity contribution is 7.10. The van der Waals surface area contributed by atoms with Crippen molar-refractivity contribution in [2.24, 2.45) is 5.92 Å². The van der Waals surface area contributed by atoms with Gasteiger partial charge in [0.25, 0.3) is 0 Å². The van der Waals surface area contributed by atoms with Crippen molar-refractivity contribution in [3.63, 3.8) is 0 Å². The molecule has 0 spiro atoms. The highest BCUT2D eigenvalue weighted by atomic mass is 32.1. The molecule has 1 fully saturated rings. The molecule has 0 aromatic carbocycles. The molecule has 0 saturated carbocycles. The van der Waals surface area contributed by atoms with Crippen molar-refractivity contribution in [3.05, 3.63) is 22.4 Å². The number of rotatable bonds is 3. The number of carboxylic acid groups (broad SMARTS) is 1. The summed E-state index contributed by atoms with van der Waals surface area (Å²) >= 11 is 1.56. The maximum Gasteiger partial charge on any atom is 0.312 e. The maximum atomic E-state index is 11.4. The second-order valence-electron chi connectivity index (χ2n) is 4.27. The van der Waals surface area contributed by atoms with E-state index in [-0.39, 0.29) is 11.8 Å². The molecule has 0 bridgehead atoms. The average molecular weight is 239 g/mol. The standard InChI is InChI=1S/C12H17NO2S/c14-12(15)11(10-4-2-8-16-10)9-3-1-6-13-7-5-9/h2,4,8-9,11,13H,1,3,5-7H2,(H,14,15). The normalized spacial score (nSPS) is 23.6. The van der Waals surface area contributed by atoms with E-state index in [1.165, 1.54) is 0 Å². The Hall–Kier alpha value is -0.870. The summed E-state index contributed by atoms with van der Waals surface area (Å²) in [7, 11) is 0. The lowest BCUT2D eigenvalue weighted by Gasteiger charge is -2.21. The van der Waals surface area contributed by atoms with Crippen LogP contribution in [-0.4, -0.2) is 24.2 Å². The molecule has 3 nitrogen and oxygen atoms in total. The number of aliphatic carboxylic acids is 1. The fraction of sp³-hybridized carbons (Fsp3) is 0.583. The Morgan fingerprint density at radius 2 is 2.38 bits per heavy atom. The third kappa shape index (κ3) is 2.62. The first-order chi connectivity index (χ1) is 7.79. The van der Waals surface area contributed by atoms with Crippen LogP contribution in [0, 0.1) is 5.92 Å². The topological polar surface area (TPSA) is 49.3 Å². The van der Waals surface area contributed by atoms with Crippen molar-refractivity contribution < 1.29 is 9.90 Å². The van der Waals surface area contributed by atoms with E-state index < -0.39 is 5.97 Å². The molecule has 0 radical (unpaired) electrons. The lowest BCUT2D eigenvalue weighted by atomic mass is 9.85. The Kier molecular flexibility index (Phi) is 3.96. The van der Waals surface area contributed by atoms with Gasteiger partial charge in [0.15, 0.2) is 0 Å². The van der Waals surface area contributed by atoms with Crippen LogP contribution < -0.4 is 5.32 Å². The molecule has 1 aliphatic heterocycles. The number of nitrogens with one attached hydrogen (secondary N) is 1. The molecule has 0 aliphatic carbocycles. The van der Waals surface area contributed by atoms with Crippen molar-refractivity contribution in [1.82, 2.24) is 5.32 Å². The van der Waals surface area contributed by atoms with Gasteiger partial charge >= 0.3 is 5.97 Å². The van der Waals surface area contributed by atoms with Gasteiger partial charge in [0, 0.05) is 4.88 Å². The van der Waals surface area contributed by atoms with Gasteiger partial charge in [-0.3, -0.25) is 4.79 Å². The van der Waals surface area contributed by atoms with E-state index in [1.807, 2.05) is 17.5 Å². The first kappa shape index (κ1) is 11.6. The predicted molar refractivity (Wildman–Crippen MR) is 64.9 cm³/mol. The number of hydrogen-bond donors (Lipinski definition) is 2. The zero-order valence-electron chi connectivity index (χ0n) is 9.19. The van der Waals surface area contributed by atoms with E-state index in [2.05, 4.69) is 5.32 Å². The van der Waals surface area contributed by atoms with Crippen LogP contribution in [0.25, 0.3) is 0 Å². The second-order valence-corrected chi connectivity index (χ2v) is 5.25. The van der Waals surface area contributed by atoms with Crippen molar-refractivity contribution in [3.8, 4) is 0 Å². The summed E-state index contributed by atoms with van der Waals surface area (Å²) in [6.07, 6.45) is 3.07. The van der Waals surface area contributed by atoms with Crippen LogP contribution in [0.4, 0.5) is 0 Å². The molecular weight excluding hydrogens is 222 g/mol. The molecule has 0 amide bonds. The van der Waals surface area contributed by atoms with Gasteiger partial charge in [0.05, 0.1) is 5.92 Å². The molecule has 2 atom stereocenters. The smallest absolute Gasteiger partial charge is 0.312 e. The quantitative estimate of drug-likeness (QED) is 0.851. The van der Waals surface area contributed by atoms with E-state index >= 15 is 0 Å². The predicted octanol–water partition coefficient (Wildman–Crippen LogP) is 2.31. The Labute approximate surface area is 99.5 Å². The molecule has 88 valence electrons. The summed E-state index contributed by atoms with van der Waals surface area (Å²) in [4.78, 5) is 12.4. The zero-order valence-corrected chi connectivity index (χ0v) is 10.0. The Morgan fingerprint density at radius 1 is 1.50 bits per heavy atom. The molecule has 1 aromatic heterocycles. The number of carbonyl (C=O) groups is 1. The molecular formula is C12H17NO2S. The monoisotopic (exact) mass is 239 g/mol. The van der Waals surface area contributed by atoms with Gasteiger partial charge in [-0.05, 0) is 49.7 Å². The number of carboxylic acids is 1. The minimum Gasteiger partial charge on any atom is -0.481 e. The van der Waals surface area contributed by atoms with Crippen molar-refractivity contribution in [2.45, 2.75) is 25.2 Å². The summed E-state index contributed by atoms with van der Waals surface area (Å²) in [6.45, 7) is 1.97. The SMILES string of the molecule is O=C(O)C(c1cccs1)C1CCCNCC1. The van der Waals surface area contributed by atoms with Gasteiger partial charge in [-0.1, -0.05) is 6.07 Å². The van der Waals surface area contributed by atoms with Gasteiger partial charge in [0.1, 0.15) is 0 Å². The van der Waals surface area contributed by atoms with Crippen LogP contribution in [0.5, 0.6) is 0 Å². The fourth-order valence-electron chi connectivity index (χ4n) is 2.40. The number of hydrogen-bond acceptors (Lipinski definition) is 3. The second kappa shape index (κ2) is 5.46. The molecule has 2 heterocycles. The molecule has 2 unspecified atom stereocenters. The van der Waals surface area contributed by atoms with E-state index in [0.717, 1.165) is 37.2 Å². The van der Waals surface area contributed by atoms with Crippen LogP contribution in [-0.2, 0) is 4.79 Å². The van der Waals surface area contributed by atoms with Crippen molar-refractivity contribution in [2.75, 3.05) is 13.1 Å². The molecule has 4 heteroatoms. The Morgan fingerprint density at radius 3 is 3.06 bits per heavy atom. The van der Waals surface area contributed by atoms with Gasteiger partial charge in [-0.15, -0.1) is 11.3 Å². The Balaban J connectivity index is 2.15. The van der Waals surface area contributed by atoms with Gasteiger partial charge in [-0.25, -0.2) is 0 Å². The van der Waals surface area contributed by atoms with E-state index in [0.29, 0.717) is 0 Å². The summed E-state index contributed by atoms with van der Waals surface area (Å²) in [5.41, 5.74) is 0. The van der Waals surface area contributed by atoms with Gasteiger partial charge in [-0.2, -0.15) is 0 Å². The number of thiophene rings is 1. The maximum absolute atomic E-state index is 11.4. The lowest BCUT2D eigenvalue weighted by Crippen LogP contribution is -2.22. The van der Waals surface area contributed by atoms with E-state index in [1.54, 1.807) is 11.3 Å². The summed E-state index contributed by atoms with van der Waals surface area (Å²) in [5.74, 6) is -0.694.